The molecule has 1 nitrogen and oxygen atoms in total. The van der Waals surface area contributed by atoms with Crippen LogP contribution in [0.15, 0.2) is 73.1 Å². The Morgan fingerprint density at radius 2 is 1.29 bits per heavy atom. The monoisotopic (exact) mass is 218 g/mol. The van der Waals surface area contributed by atoms with Gasteiger partial charge < -0.3 is 0 Å². The Labute approximate surface area is 101 Å². The molecular weight excluding hydrogens is 206 g/mol. The van der Waals surface area contributed by atoms with Crippen molar-refractivity contribution in [3.63, 3.8) is 0 Å². The first-order valence-electron chi connectivity index (χ1n) is 5.66. The van der Waals surface area contributed by atoms with E-state index in [1.807, 2.05) is 24.5 Å². The molecule has 0 aromatic heterocycles. The van der Waals surface area contributed by atoms with Crippen LogP contribution in [0.2, 0.25) is 0 Å². The molecule has 0 fully saturated rings. The molecule has 2 aromatic rings. The van der Waals surface area contributed by atoms with Gasteiger partial charge in [0.1, 0.15) is 0 Å². The smallest absolute Gasteiger partial charge is 0.0346 e. The van der Waals surface area contributed by atoms with E-state index < -0.39 is 0 Å². The van der Waals surface area contributed by atoms with Crippen molar-refractivity contribution in [1.29, 1.82) is 0 Å². The third kappa shape index (κ3) is 2.00. The fourth-order valence-corrected chi connectivity index (χ4v) is 1.95. The standard InChI is InChI=1S/C16H12N/c1-2-4-13(5-3-1)14-6-8-15(9-7-14)16-10-11-17-12-16/h1-12H. The van der Waals surface area contributed by atoms with Crippen molar-refractivity contribution < 1.29 is 0 Å². The van der Waals surface area contributed by atoms with E-state index in [0.717, 1.165) is 0 Å². The van der Waals surface area contributed by atoms with E-state index in [0.29, 0.717) is 0 Å². The Kier molecular flexibility index (Phi) is 2.51. The highest BCUT2D eigenvalue weighted by Crippen LogP contribution is 2.23. The number of allylic oxidation sites excluding steroid dienone is 2. The average Bonchev–Trinajstić information content (AvgIpc) is 2.94. The van der Waals surface area contributed by atoms with Gasteiger partial charge in [-0.1, -0.05) is 54.6 Å². The van der Waals surface area contributed by atoms with Gasteiger partial charge in [0.05, 0.1) is 0 Å². The van der Waals surface area contributed by atoms with Crippen molar-refractivity contribution >= 4 is 5.57 Å². The van der Waals surface area contributed by atoms with Crippen molar-refractivity contribution in [3.05, 3.63) is 78.6 Å². The molecule has 0 amide bonds. The van der Waals surface area contributed by atoms with Gasteiger partial charge in [0.25, 0.3) is 0 Å². The molecule has 0 spiro atoms. The quantitative estimate of drug-likeness (QED) is 0.727. The Hall–Kier alpha value is -2.28. The van der Waals surface area contributed by atoms with Crippen LogP contribution in [0.25, 0.3) is 16.7 Å². The van der Waals surface area contributed by atoms with Gasteiger partial charge >= 0.3 is 0 Å². The first-order valence-corrected chi connectivity index (χ1v) is 5.66. The lowest BCUT2D eigenvalue weighted by atomic mass is 10.0. The average molecular weight is 218 g/mol. The Balaban J connectivity index is 1.93. The summed E-state index contributed by atoms with van der Waals surface area (Å²) in [5, 5.41) is 4.08. The molecule has 1 heterocycles. The van der Waals surface area contributed by atoms with Crippen LogP contribution in [0.5, 0.6) is 0 Å². The van der Waals surface area contributed by atoms with E-state index in [1.165, 1.54) is 22.3 Å². The molecule has 2 aromatic carbocycles. The molecule has 1 heteroatoms. The molecule has 0 saturated heterocycles. The molecule has 17 heavy (non-hydrogen) atoms. The molecule has 0 aliphatic carbocycles. The SMILES string of the molecule is C1=CC(c2ccc(-c3ccccc3)cc2)=C[N]1. The lowest BCUT2D eigenvalue weighted by molar-refractivity contribution is 1.21. The zero-order valence-corrected chi connectivity index (χ0v) is 9.38. The number of benzene rings is 2. The summed E-state index contributed by atoms with van der Waals surface area (Å²) in [5.41, 5.74) is 4.88. The van der Waals surface area contributed by atoms with Crippen molar-refractivity contribution in [3.8, 4) is 11.1 Å². The van der Waals surface area contributed by atoms with Crippen molar-refractivity contribution in [1.82, 2.24) is 5.32 Å². The van der Waals surface area contributed by atoms with Gasteiger partial charge in [-0.3, -0.25) is 5.32 Å². The fourth-order valence-electron chi connectivity index (χ4n) is 1.95. The summed E-state index contributed by atoms with van der Waals surface area (Å²) >= 11 is 0. The van der Waals surface area contributed by atoms with E-state index >= 15 is 0 Å². The number of nitrogens with zero attached hydrogens (tertiary/aromatic N) is 1. The van der Waals surface area contributed by atoms with Crippen LogP contribution in [-0.4, -0.2) is 0 Å². The van der Waals surface area contributed by atoms with E-state index in [2.05, 4.69) is 53.8 Å². The summed E-state index contributed by atoms with van der Waals surface area (Å²) in [4.78, 5) is 0. The second-order valence-corrected chi connectivity index (χ2v) is 3.99. The fraction of sp³-hybridized carbons (Fsp3) is 0. The molecule has 0 unspecified atom stereocenters. The maximum atomic E-state index is 4.08. The summed E-state index contributed by atoms with van der Waals surface area (Å²) in [7, 11) is 0. The van der Waals surface area contributed by atoms with E-state index in [1.54, 1.807) is 0 Å². The third-order valence-corrected chi connectivity index (χ3v) is 2.88. The summed E-state index contributed by atoms with van der Waals surface area (Å²) in [6.07, 6.45) is 5.73. The second-order valence-electron chi connectivity index (χ2n) is 3.99. The van der Waals surface area contributed by atoms with E-state index in [4.69, 9.17) is 0 Å². The minimum absolute atomic E-state index is 1.17. The Morgan fingerprint density at radius 1 is 0.647 bits per heavy atom. The van der Waals surface area contributed by atoms with Crippen LogP contribution in [-0.2, 0) is 0 Å². The summed E-state index contributed by atoms with van der Waals surface area (Å²) in [6.45, 7) is 0. The first-order chi connectivity index (χ1) is 8.43. The first kappa shape index (κ1) is 9.91. The lowest BCUT2D eigenvalue weighted by Gasteiger charge is -2.03. The normalized spacial score (nSPS) is 13.3. The van der Waals surface area contributed by atoms with Gasteiger partial charge in [-0.15, -0.1) is 0 Å². The highest BCUT2D eigenvalue weighted by molar-refractivity contribution is 5.77. The van der Waals surface area contributed by atoms with Gasteiger partial charge in [-0.25, -0.2) is 0 Å². The lowest BCUT2D eigenvalue weighted by Crippen LogP contribution is -1.81. The molecule has 0 N–H and O–H groups in total. The molecule has 1 aliphatic heterocycles. The minimum Gasteiger partial charge on any atom is -0.264 e. The van der Waals surface area contributed by atoms with Crippen LogP contribution < -0.4 is 5.32 Å². The van der Waals surface area contributed by atoms with Crippen LogP contribution in [0.3, 0.4) is 0 Å². The largest absolute Gasteiger partial charge is 0.264 e. The zero-order valence-electron chi connectivity index (χ0n) is 9.38. The Morgan fingerprint density at radius 3 is 1.94 bits per heavy atom. The summed E-state index contributed by atoms with van der Waals surface area (Å²) < 4.78 is 0. The molecule has 0 saturated carbocycles. The molecule has 1 radical (unpaired) electrons. The second kappa shape index (κ2) is 4.30. The number of hydrogen-bond acceptors (Lipinski definition) is 0. The minimum atomic E-state index is 1.17. The maximum Gasteiger partial charge on any atom is 0.0346 e. The van der Waals surface area contributed by atoms with Crippen LogP contribution in [0.1, 0.15) is 5.56 Å². The van der Waals surface area contributed by atoms with Crippen molar-refractivity contribution in [2.75, 3.05) is 0 Å². The van der Waals surface area contributed by atoms with Crippen molar-refractivity contribution in [2.24, 2.45) is 0 Å². The van der Waals surface area contributed by atoms with Crippen LogP contribution in [0.4, 0.5) is 0 Å². The number of rotatable bonds is 2. The zero-order chi connectivity index (χ0) is 11.5. The number of hydrogen-bond donors (Lipinski definition) is 0. The van der Waals surface area contributed by atoms with E-state index in [9.17, 15) is 0 Å². The van der Waals surface area contributed by atoms with Gasteiger partial charge in [0.15, 0.2) is 0 Å². The molecule has 0 atom stereocenters. The molecule has 1 aliphatic rings. The van der Waals surface area contributed by atoms with Crippen LogP contribution >= 0.6 is 0 Å². The maximum absolute atomic E-state index is 4.08. The highest BCUT2D eigenvalue weighted by atomic mass is 14.8. The van der Waals surface area contributed by atoms with E-state index in [-0.39, 0.29) is 0 Å². The van der Waals surface area contributed by atoms with Gasteiger partial charge in [-0.05, 0) is 22.8 Å². The molecule has 81 valence electrons. The molecular formula is C16H12N. The topological polar surface area (TPSA) is 14.1 Å². The molecule has 3 rings (SSSR count). The third-order valence-electron chi connectivity index (χ3n) is 2.88. The van der Waals surface area contributed by atoms with Gasteiger partial charge in [0.2, 0.25) is 0 Å². The van der Waals surface area contributed by atoms with Gasteiger partial charge in [-0.2, -0.15) is 0 Å². The predicted octanol–water partition coefficient (Wildman–Crippen LogP) is 3.83. The Bertz CT molecular complexity index is 562. The summed E-state index contributed by atoms with van der Waals surface area (Å²) in [5.74, 6) is 0. The van der Waals surface area contributed by atoms with Crippen molar-refractivity contribution in [2.45, 2.75) is 0 Å². The van der Waals surface area contributed by atoms with Crippen LogP contribution in [0, 0.1) is 0 Å². The molecule has 0 bridgehead atoms. The predicted molar refractivity (Wildman–Crippen MR) is 71.1 cm³/mol. The summed E-state index contributed by atoms with van der Waals surface area (Å²) in [6, 6.07) is 19.0. The highest BCUT2D eigenvalue weighted by Gasteiger charge is 2.02. The van der Waals surface area contributed by atoms with Gasteiger partial charge in [0, 0.05) is 18.0 Å².